The molecular weight excluding hydrogens is 692 g/mol. The summed E-state index contributed by atoms with van der Waals surface area (Å²) in [5.74, 6) is 0. The van der Waals surface area contributed by atoms with Gasteiger partial charge in [-0.15, -0.1) is 0 Å². The molecule has 2 N–H and O–H groups in total. The third kappa shape index (κ3) is 5.62. The van der Waals surface area contributed by atoms with Crippen LogP contribution in [0.3, 0.4) is 0 Å². The molecule has 2 aromatic carbocycles. The number of rotatable bonds is 7. The minimum Gasteiger partial charge on any atom is -0.435 e. The molecule has 0 spiro atoms. The van der Waals surface area contributed by atoms with Gasteiger partial charge in [-0.2, -0.15) is 4.79 Å². The van der Waals surface area contributed by atoms with Crippen LogP contribution in [0.2, 0.25) is 0 Å². The lowest BCUT2D eigenvalue weighted by atomic mass is 9.82. The third-order valence-corrected chi connectivity index (χ3v) is 12.4. The summed E-state index contributed by atoms with van der Waals surface area (Å²) in [6, 6.07) is 13.8. The Balaban J connectivity index is 1.41. The number of para-hydroxylation sites is 2. The number of hydrogen-bond donors (Lipinski definition) is 2. The van der Waals surface area contributed by atoms with Crippen molar-refractivity contribution < 1.29 is 19.2 Å². The van der Waals surface area contributed by atoms with E-state index in [1.807, 2.05) is 42.5 Å². The zero-order chi connectivity index (χ0) is 31.1. The minimum absolute atomic E-state index is 0.0683. The molecule has 0 radical (unpaired) electrons. The van der Waals surface area contributed by atoms with Crippen molar-refractivity contribution in [1.29, 1.82) is 0 Å². The van der Waals surface area contributed by atoms with E-state index in [-0.39, 0.29) is 29.2 Å². The van der Waals surface area contributed by atoms with Crippen molar-refractivity contribution in [3.63, 3.8) is 0 Å². The van der Waals surface area contributed by atoms with Gasteiger partial charge in [-0.05, 0) is 89.1 Å². The van der Waals surface area contributed by atoms with Gasteiger partial charge in [0.15, 0.2) is 5.66 Å². The number of quaternary nitrogens is 1. The topological polar surface area (TPSA) is 102 Å². The summed E-state index contributed by atoms with van der Waals surface area (Å²) in [5, 5.41) is 11.2. The van der Waals surface area contributed by atoms with Crippen LogP contribution < -0.4 is 5.69 Å². The zero-order valence-corrected chi connectivity index (χ0v) is 28.3. The molecular formula is C32H41Br2N6O4+. The lowest BCUT2D eigenvalue weighted by Crippen LogP contribution is -2.77. The SMILES string of the molecule is CN1CCC(N2CCN(C3(CC=O)CC(n4c(=O)[nH]c5ccccc54)CC[N@+]3(Cc3ccc(Br)c(Br)c3)C(=O)O)CC2)CC1. The van der Waals surface area contributed by atoms with Crippen LogP contribution in [-0.4, -0.2) is 111 Å². The van der Waals surface area contributed by atoms with Crippen LogP contribution in [0.4, 0.5) is 4.79 Å². The Bertz CT molecular complexity index is 1580. The van der Waals surface area contributed by atoms with Gasteiger partial charge in [0.25, 0.3) is 0 Å². The number of fused-ring (bicyclic) bond motifs is 1. The predicted molar refractivity (Wildman–Crippen MR) is 177 cm³/mol. The number of benzene rings is 2. The van der Waals surface area contributed by atoms with Gasteiger partial charge in [-0.25, -0.2) is 14.2 Å². The number of piperidine rings is 2. The molecule has 3 aromatic rings. The van der Waals surface area contributed by atoms with Crippen LogP contribution in [0.5, 0.6) is 0 Å². The van der Waals surface area contributed by atoms with Crippen LogP contribution in [0.15, 0.2) is 56.2 Å². The van der Waals surface area contributed by atoms with Crippen LogP contribution >= 0.6 is 31.9 Å². The molecule has 1 amide bonds. The number of imidazole rings is 1. The first-order valence-corrected chi connectivity index (χ1v) is 17.1. The van der Waals surface area contributed by atoms with Crippen molar-refractivity contribution in [2.45, 2.75) is 56.4 Å². The highest BCUT2D eigenvalue weighted by molar-refractivity contribution is 9.13. The zero-order valence-electron chi connectivity index (χ0n) is 25.1. The molecule has 0 aliphatic carbocycles. The third-order valence-electron chi connectivity index (χ3n) is 10.5. The van der Waals surface area contributed by atoms with Gasteiger partial charge in [-0.1, -0.05) is 18.2 Å². The van der Waals surface area contributed by atoms with Crippen molar-refractivity contribution in [2.75, 3.05) is 52.9 Å². The molecule has 0 saturated carbocycles. The first kappa shape index (κ1) is 31.6. The molecule has 12 heteroatoms. The average molecular weight is 734 g/mol. The predicted octanol–water partition coefficient (Wildman–Crippen LogP) is 4.88. The van der Waals surface area contributed by atoms with Gasteiger partial charge >= 0.3 is 11.8 Å². The largest absolute Gasteiger partial charge is 0.515 e. The van der Waals surface area contributed by atoms with Crippen LogP contribution in [0.1, 0.15) is 43.7 Å². The number of H-pyrrole nitrogens is 1. The second-order valence-electron chi connectivity index (χ2n) is 12.8. The van der Waals surface area contributed by atoms with E-state index in [0.29, 0.717) is 38.5 Å². The molecule has 44 heavy (non-hydrogen) atoms. The smallest absolute Gasteiger partial charge is 0.435 e. The number of aromatic nitrogens is 2. The average Bonchev–Trinajstić information content (AvgIpc) is 3.36. The Labute approximate surface area is 274 Å². The summed E-state index contributed by atoms with van der Waals surface area (Å²) in [7, 11) is 2.17. The van der Waals surface area contributed by atoms with Gasteiger partial charge in [0.05, 0.1) is 30.0 Å². The van der Waals surface area contributed by atoms with Gasteiger partial charge in [-0.3, -0.25) is 9.47 Å². The molecule has 2 unspecified atom stereocenters. The molecule has 1 aromatic heterocycles. The molecule has 6 rings (SSSR count). The second kappa shape index (κ2) is 12.8. The number of carbonyl (C=O) groups excluding carboxylic acids is 1. The summed E-state index contributed by atoms with van der Waals surface area (Å²) in [5.41, 5.74) is 1.21. The molecule has 4 heterocycles. The molecule has 3 aliphatic rings. The first-order valence-electron chi connectivity index (χ1n) is 15.5. The summed E-state index contributed by atoms with van der Waals surface area (Å²) < 4.78 is 3.27. The fraction of sp³-hybridized carbons (Fsp3) is 0.531. The van der Waals surface area contributed by atoms with E-state index in [9.17, 15) is 19.5 Å². The van der Waals surface area contributed by atoms with E-state index in [1.165, 1.54) is 0 Å². The molecule has 3 saturated heterocycles. The van der Waals surface area contributed by atoms with Gasteiger partial charge < -0.3 is 19.8 Å². The van der Waals surface area contributed by atoms with Crippen LogP contribution in [0, 0.1) is 0 Å². The van der Waals surface area contributed by atoms with Gasteiger partial charge in [0.1, 0.15) is 12.8 Å². The molecule has 3 atom stereocenters. The van der Waals surface area contributed by atoms with E-state index in [1.54, 1.807) is 4.57 Å². The number of piperazine rings is 1. The van der Waals surface area contributed by atoms with E-state index < -0.39 is 11.8 Å². The Hall–Kier alpha value is -2.35. The van der Waals surface area contributed by atoms with Crippen LogP contribution in [0.25, 0.3) is 11.0 Å². The fourth-order valence-corrected chi connectivity index (χ4v) is 8.86. The van der Waals surface area contributed by atoms with E-state index in [2.05, 4.69) is 58.6 Å². The number of halogens is 2. The van der Waals surface area contributed by atoms with Gasteiger partial charge in [0.2, 0.25) is 0 Å². The van der Waals surface area contributed by atoms with Gasteiger partial charge in [0, 0.05) is 59.6 Å². The number of aromatic amines is 1. The summed E-state index contributed by atoms with van der Waals surface area (Å²) in [4.78, 5) is 49.9. The maximum absolute atomic E-state index is 13.7. The number of carbonyl (C=O) groups is 2. The maximum atomic E-state index is 13.7. The molecule has 0 bridgehead atoms. The van der Waals surface area contributed by atoms with Crippen LogP contribution in [-0.2, 0) is 11.3 Å². The van der Waals surface area contributed by atoms with Crippen molar-refractivity contribution >= 4 is 55.3 Å². The fourth-order valence-electron chi connectivity index (χ4n) is 8.19. The van der Waals surface area contributed by atoms with Crippen molar-refractivity contribution in [2.24, 2.45) is 0 Å². The standard InChI is InChI=1S/C32H40Br2N6O4/c1-36-12-8-24(9-13-36)37-14-16-38(17-15-37)32(11-19-41)21-25(39-29-5-3-2-4-28(29)35-30(39)42)10-18-40(32,31(43)44)22-23-6-7-26(33)27(34)20-23/h2-7,19-20,24-25H,8-18,21-22H2,1H3,(H-,35,42,43,44)/p+1/t25?,32?,40-/m0/s1. The van der Waals surface area contributed by atoms with Crippen molar-refractivity contribution in [3.8, 4) is 0 Å². The quantitative estimate of drug-likeness (QED) is 0.264. The maximum Gasteiger partial charge on any atom is 0.515 e. The number of amides is 1. The molecule has 3 fully saturated rings. The summed E-state index contributed by atoms with van der Waals surface area (Å²) in [6.45, 7) is 5.71. The number of nitrogens with zero attached hydrogens (tertiary/aromatic N) is 5. The minimum atomic E-state index is -1.03. The highest BCUT2D eigenvalue weighted by atomic mass is 79.9. The lowest BCUT2D eigenvalue weighted by molar-refractivity contribution is -0.942. The van der Waals surface area contributed by atoms with E-state index in [0.717, 1.165) is 70.8 Å². The molecule has 3 aliphatic heterocycles. The Morgan fingerprint density at radius 3 is 2.43 bits per heavy atom. The monoisotopic (exact) mass is 731 g/mol. The van der Waals surface area contributed by atoms with E-state index >= 15 is 0 Å². The van der Waals surface area contributed by atoms with E-state index in [4.69, 9.17) is 0 Å². The number of carboxylic acid groups (broad SMARTS) is 1. The van der Waals surface area contributed by atoms with Crippen molar-refractivity contribution in [1.82, 2.24) is 24.3 Å². The Morgan fingerprint density at radius 1 is 1.02 bits per heavy atom. The lowest BCUT2D eigenvalue weighted by Gasteiger charge is -2.59. The Kier molecular flexibility index (Phi) is 9.20. The van der Waals surface area contributed by atoms with Crippen molar-refractivity contribution in [3.05, 3.63) is 67.5 Å². The number of likely N-dealkylation sites (tertiary alicyclic amines) is 2. The number of hydrogen-bond acceptors (Lipinski definition) is 6. The Morgan fingerprint density at radius 2 is 1.75 bits per heavy atom. The highest BCUT2D eigenvalue weighted by Crippen LogP contribution is 2.47. The summed E-state index contributed by atoms with van der Waals surface area (Å²) >= 11 is 7.14. The number of nitrogens with one attached hydrogen (secondary N) is 1. The molecule has 10 nitrogen and oxygen atoms in total. The summed E-state index contributed by atoms with van der Waals surface area (Å²) in [6.07, 6.45) is 3.18. The second-order valence-corrected chi connectivity index (χ2v) is 14.5. The highest BCUT2D eigenvalue weighted by Gasteiger charge is 2.63. The number of aldehydes is 1. The normalized spacial score (nSPS) is 27.9. The molecule has 236 valence electrons. The first-order chi connectivity index (χ1) is 21.2.